The van der Waals surface area contributed by atoms with Gasteiger partial charge in [-0.25, -0.2) is 0 Å². The van der Waals surface area contributed by atoms with Crippen molar-refractivity contribution >= 4 is 11.4 Å². The van der Waals surface area contributed by atoms with Crippen LogP contribution >= 0.6 is 0 Å². The fourth-order valence-electron chi connectivity index (χ4n) is 2.71. The number of rotatable bonds is 2. The molecule has 3 nitrogen and oxygen atoms in total. The van der Waals surface area contributed by atoms with Gasteiger partial charge in [-0.05, 0) is 70.1 Å². The van der Waals surface area contributed by atoms with Gasteiger partial charge in [-0.2, -0.15) is 0 Å². The van der Waals surface area contributed by atoms with Crippen LogP contribution < -0.4 is 10.6 Å². The van der Waals surface area contributed by atoms with Crippen molar-refractivity contribution < 1.29 is 0 Å². The molecule has 1 saturated heterocycles. The molecule has 0 saturated carbocycles. The first kappa shape index (κ1) is 13.2. The van der Waals surface area contributed by atoms with Crippen molar-refractivity contribution in [2.45, 2.75) is 32.7 Å². The van der Waals surface area contributed by atoms with Gasteiger partial charge in [0, 0.05) is 13.1 Å². The van der Waals surface area contributed by atoms with E-state index in [0.29, 0.717) is 6.04 Å². The second kappa shape index (κ2) is 5.19. The predicted octanol–water partition coefficient (Wildman–Crippen LogP) is 2.42. The zero-order chi connectivity index (χ0) is 13.3. The lowest BCUT2D eigenvalue weighted by Gasteiger charge is -2.37. The highest BCUT2D eigenvalue weighted by molar-refractivity contribution is 5.70. The van der Waals surface area contributed by atoms with Crippen LogP contribution in [-0.2, 0) is 0 Å². The summed E-state index contributed by atoms with van der Waals surface area (Å²) in [6.07, 6.45) is 2.44. The number of likely N-dealkylation sites (tertiary alicyclic amines) is 1. The van der Waals surface area contributed by atoms with Crippen molar-refractivity contribution in [1.82, 2.24) is 4.90 Å². The van der Waals surface area contributed by atoms with Gasteiger partial charge in [-0.1, -0.05) is 0 Å². The molecular formula is C15H25N3. The molecule has 0 bridgehead atoms. The maximum atomic E-state index is 6.17. The van der Waals surface area contributed by atoms with E-state index in [1.54, 1.807) is 0 Å². The standard InChI is InChI=1S/C15H25N3/c1-11-9-14(16)15(10-12(11)2)18(4)13-5-7-17(3)8-6-13/h9-10,13H,5-8,16H2,1-4H3. The highest BCUT2D eigenvalue weighted by Gasteiger charge is 2.22. The molecule has 0 radical (unpaired) electrons. The third kappa shape index (κ3) is 2.61. The van der Waals surface area contributed by atoms with E-state index in [2.05, 4.69) is 49.9 Å². The van der Waals surface area contributed by atoms with E-state index in [9.17, 15) is 0 Å². The molecule has 0 spiro atoms. The molecule has 1 heterocycles. The van der Waals surface area contributed by atoms with Crippen LogP contribution in [0.15, 0.2) is 12.1 Å². The molecular weight excluding hydrogens is 222 g/mol. The average Bonchev–Trinajstić information content (AvgIpc) is 2.34. The zero-order valence-corrected chi connectivity index (χ0v) is 12.0. The molecule has 100 valence electrons. The minimum Gasteiger partial charge on any atom is -0.397 e. The van der Waals surface area contributed by atoms with Gasteiger partial charge in [-0.15, -0.1) is 0 Å². The van der Waals surface area contributed by atoms with Gasteiger partial charge in [0.2, 0.25) is 0 Å². The van der Waals surface area contributed by atoms with E-state index < -0.39 is 0 Å². The Morgan fingerprint density at radius 2 is 1.72 bits per heavy atom. The first-order valence-electron chi connectivity index (χ1n) is 6.77. The molecule has 0 aliphatic carbocycles. The molecule has 0 atom stereocenters. The summed E-state index contributed by atoms with van der Waals surface area (Å²) in [5, 5.41) is 0. The lowest BCUT2D eigenvalue weighted by molar-refractivity contribution is 0.253. The molecule has 1 aliphatic heterocycles. The van der Waals surface area contributed by atoms with Gasteiger partial charge >= 0.3 is 0 Å². The number of hydrogen-bond donors (Lipinski definition) is 1. The van der Waals surface area contributed by atoms with Crippen LogP contribution in [0.2, 0.25) is 0 Å². The molecule has 2 rings (SSSR count). The van der Waals surface area contributed by atoms with Crippen LogP contribution in [-0.4, -0.2) is 38.1 Å². The summed E-state index contributed by atoms with van der Waals surface area (Å²) >= 11 is 0. The van der Waals surface area contributed by atoms with Crippen LogP contribution in [0.3, 0.4) is 0 Å². The van der Waals surface area contributed by atoms with E-state index in [-0.39, 0.29) is 0 Å². The highest BCUT2D eigenvalue weighted by Crippen LogP contribution is 2.29. The van der Waals surface area contributed by atoms with E-state index in [0.717, 1.165) is 5.69 Å². The number of nitrogens with zero attached hydrogens (tertiary/aromatic N) is 2. The van der Waals surface area contributed by atoms with Crippen molar-refractivity contribution in [3.05, 3.63) is 23.3 Å². The fourth-order valence-corrected chi connectivity index (χ4v) is 2.71. The number of aryl methyl sites for hydroxylation is 2. The summed E-state index contributed by atoms with van der Waals surface area (Å²) in [4.78, 5) is 4.77. The Hall–Kier alpha value is -1.22. The Balaban J connectivity index is 2.18. The quantitative estimate of drug-likeness (QED) is 0.815. The Morgan fingerprint density at radius 3 is 2.33 bits per heavy atom. The molecule has 0 aromatic heterocycles. The van der Waals surface area contributed by atoms with Crippen molar-refractivity contribution in [3.8, 4) is 0 Å². The lowest BCUT2D eigenvalue weighted by Crippen LogP contribution is -2.42. The molecule has 1 aliphatic rings. The Morgan fingerprint density at radius 1 is 1.17 bits per heavy atom. The molecule has 1 aromatic carbocycles. The summed E-state index contributed by atoms with van der Waals surface area (Å²) in [6, 6.07) is 4.93. The van der Waals surface area contributed by atoms with Crippen LogP contribution in [0.25, 0.3) is 0 Å². The third-order valence-electron chi connectivity index (χ3n) is 4.26. The van der Waals surface area contributed by atoms with Crippen LogP contribution in [0.1, 0.15) is 24.0 Å². The molecule has 1 aromatic rings. The lowest BCUT2D eigenvalue weighted by atomic mass is 10.0. The number of benzene rings is 1. The molecule has 2 N–H and O–H groups in total. The summed E-state index contributed by atoms with van der Waals surface area (Å²) in [5.74, 6) is 0. The smallest absolute Gasteiger partial charge is 0.0602 e. The topological polar surface area (TPSA) is 32.5 Å². The highest BCUT2D eigenvalue weighted by atomic mass is 15.2. The van der Waals surface area contributed by atoms with Gasteiger partial charge < -0.3 is 15.5 Å². The largest absolute Gasteiger partial charge is 0.397 e. The van der Waals surface area contributed by atoms with Crippen molar-refractivity contribution in [2.24, 2.45) is 0 Å². The van der Waals surface area contributed by atoms with Crippen molar-refractivity contribution in [1.29, 1.82) is 0 Å². The Kier molecular flexibility index (Phi) is 3.81. The second-order valence-electron chi connectivity index (χ2n) is 5.64. The van der Waals surface area contributed by atoms with Crippen LogP contribution in [0.4, 0.5) is 11.4 Å². The normalized spacial score (nSPS) is 18.0. The summed E-state index contributed by atoms with van der Waals surface area (Å²) in [7, 11) is 4.37. The SMILES string of the molecule is Cc1cc(N)c(N(C)C2CCN(C)CC2)cc1C. The second-order valence-corrected chi connectivity index (χ2v) is 5.64. The van der Waals surface area contributed by atoms with Gasteiger partial charge in [0.15, 0.2) is 0 Å². The molecule has 1 fully saturated rings. The molecule has 0 amide bonds. The third-order valence-corrected chi connectivity index (χ3v) is 4.26. The van der Waals surface area contributed by atoms with E-state index in [1.807, 2.05) is 0 Å². The summed E-state index contributed by atoms with van der Waals surface area (Å²) < 4.78 is 0. The van der Waals surface area contributed by atoms with Gasteiger partial charge in [0.25, 0.3) is 0 Å². The first-order chi connectivity index (χ1) is 8.49. The summed E-state index contributed by atoms with van der Waals surface area (Å²) in [6.45, 7) is 6.63. The molecule has 0 unspecified atom stereocenters. The van der Waals surface area contributed by atoms with E-state index in [4.69, 9.17) is 5.73 Å². The van der Waals surface area contributed by atoms with Gasteiger partial charge in [0.1, 0.15) is 0 Å². The van der Waals surface area contributed by atoms with Crippen molar-refractivity contribution in [3.63, 3.8) is 0 Å². The Labute approximate surface area is 111 Å². The fraction of sp³-hybridized carbons (Fsp3) is 0.600. The van der Waals surface area contributed by atoms with Crippen LogP contribution in [0.5, 0.6) is 0 Å². The maximum Gasteiger partial charge on any atom is 0.0602 e. The van der Waals surface area contributed by atoms with Gasteiger partial charge in [-0.3, -0.25) is 0 Å². The van der Waals surface area contributed by atoms with Crippen molar-refractivity contribution in [2.75, 3.05) is 37.8 Å². The number of nitrogen functional groups attached to an aromatic ring is 1. The Bertz CT molecular complexity index is 420. The number of anilines is 2. The minimum absolute atomic E-state index is 0.616. The zero-order valence-electron chi connectivity index (χ0n) is 12.0. The van der Waals surface area contributed by atoms with E-state index in [1.165, 1.54) is 42.7 Å². The van der Waals surface area contributed by atoms with Crippen LogP contribution in [0, 0.1) is 13.8 Å². The molecule has 18 heavy (non-hydrogen) atoms. The predicted molar refractivity (Wildman–Crippen MR) is 79.3 cm³/mol. The monoisotopic (exact) mass is 247 g/mol. The van der Waals surface area contributed by atoms with E-state index >= 15 is 0 Å². The number of nitrogens with two attached hydrogens (primary N) is 1. The van der Waals surface area contributed by atoms with Gasteiger partial charge in [0.05, 0.1) is 11.4 Å². The maximum absolute atomic E-state index is 6.17. The molecule has 3 heteroatoms. The number of piperidine rings is 1. The minimum atomic E-state index is 0.616. The number of hydrogen-bond acceptors (Lipinski definition) is 3. The first-order valence-corrected chi connectivity index (χ1v) is 6.77. The average molecular weight is 247 g/mol. The summed E-state index contributed by atoms with van der Waals surface area (Å²) in [5.41, 5.74) is 10.9.